The maximum atomic E-state index is 6.36. The summed E-state index contributed by atoms with van der Waals surface area (Å²) in [5.74, 6) is 0. The summed E-state index contributed by atoms with van der Waals surface area (Å²) in [4.78, 5) is 0.961. The number of nitrogens with two attached hydrogens (primary N) is 1. The molecule has 3 rings (SSSR count). The smallest absolute Gasteiger partial charge is 0.200 e. The first-order valence-corrected chi connectivity index (χ1v) is 7.84. The summed E-state index contributed by atoms with van der Waals surface area (Å²) in [6.07, 6.45) is 2.76. The molecule has 3 aromatic rings. The number of halogens is 1. The zero-order chi connectivity index (χ0) is 14.8. The third-order valence-electron chi connectivity index (χ3n) is 3.04. The normalized spacial score (nSPS) is 12.7. The summed E-state index contributed by atoms with van der Waals surface area (Å²) >= 11 is 7.87. The van der Waals surface area contributed by atoms with Gasteiger partial charge in [-0.25, -0.2) is 0 Å². The molecule has 0 amide bonds. The predicted molar refractivity (Wildman–Crippen MR) is 85.9 cm³/mol. The van der Waals surface area contributed by atoms with Gasteiger partial charge in [0.2, 0.25) is 0 Å². The summed E-state index contributed by atoms with van der Waals surface area (Å²) < 4.78 is 1.94. The predicted octanol–water partition coefficient (Wildman–Crippen LogP) is 3.42. The molecule has 1 atom stereocenters. The van der Waals surface area contributed by atoms with Crippen molar-refractivity contribution in [2.75, 3.05) is 0 Å². The molecule has 0 aliphatic carbocycles. The number of pyridine rings is 1. The van der Waals surface area contributed by atoms with E-state index in [1.165, 1.54) is 11.8 Å². The fourth-order valence-corrected chi connectivity index (χ4v) is 3.26. The Morgan fingerprint density at radius 3 is 2.90 bits per heavy atom. The molecule has 2 heterocycles. The molecule has 2 N–H and O–H groups in total. The highest BCUT2D eigenvalue weighted by atomic mass is 35.5. The second-order valence-electron chi connectivity index (χ2n) is 4.96. The van der Waals surface area contributed by atoms with E-state index in [4.69, 9.17) is 17.3 Å². The molecule has 21 heavy (non-hydrogen) atoms. The molecule has 4 nitrogen and oxygen atoms in total. The van der Waals surface area contributed by atoms with Crippen molar-refractivity contribution in [1.29, 1.82) is 0 Å². The van der Waals surface area contributed by atoms with E-state index >= 15 is 0 Å². The Balaban J connectivity index is 1.88. The first-order valence-electron chi connectivity index (χ1n) is 6.65. The van der Waals surface area contributed by atoms with E-state index in [1.807, 2.05) is 47.9 Å². The quantitative estimate of drug-likeness (QED) is 0.800. The monoisotopic (exact) mass is 318 g/mol. The molecule has 0 bridgehead atoms. The number of nitrogens with zero attached hydrogens (tertiary/aromatic N) is 3. The highest BCUT2D eigenvalue weighted by Crippen LogP contribution is 2.33. The van der Waals surface area contributed by atoms with Gasteiger partial charge in [0.05, 0.1) is 5.02 Å². The van der Waals surface area contributed by atoms with Crippen molar-refractivity contribution in [3.63, 3.8) is 0 Å². The zero-order valence-electron chi connectivity index (χ0n) is 11.5. The SMILES string of the molecule is CC(N)Cc1ccc(Sc2nnc3ccccn23)c(Cl)c1. The van der Waals surface area contributed by atoms with Crippen LogP contribution in [0.1, 0.15) is 12.5 Å². The van der Waals surface area contributed by atoms with Crippen molar-refractivity contribution < 1.29 is 0 Å². The lowest BCUT2D eigenvalue weighted by atomic mass is 10.1. The molecule has 6 heteroatoms. The molecular weight excluding hydrogens is 304 g/mol. The van der Waals surface area contributed by atoms with Crippen molar-refractivity contribution in [3.8, 4) is 0 Å². The van der Waals surface area contributed by atoms with E-state index in [1.54, 1.807) is 0 Å². The van der Waals surface area contributed by atoms with Gasteiger partial charge in [0, 0.05) is 17.1 Å². The largest absolute Gasteiger partial charge is 0.328 e. The Bertz CT molecular complexity index is 769. The first kappa shape index (κ1) is 14.4. The van der Waals surface area contributed by atoms with Crippen LogP contribution in [0.5, 0.6) is 0 Å². The lowest BCUT2D eigenvalue weighted by Crippen LogP contribution is -2.17. The van der Waals surface area contributed by atoms with E-state index < -0.39 is 0 Å². The van der Waals surface area contributed by atoms with Gasteiger partial charge in [0.1, 0.15) is 0 Å². The molecule has 0 aliphatic heterocycles. The Morgan fingerprint density at radius 2 is 2.14 bits per heavy atom. The number of benzene rings is 1. The van der Waals surface area contributed by atoms with Crippen molar-refractivity contribution in [1.82, 2.24) is 14.6 Å². The fraction of sp³-hybridized carbons (Fsp3) is 0.200. The fourth-order valence-electron chi connectivity index (χ4n) is 2.11. The number of aromatic nitrogens is 3. The van der Waals surface area contributed by atoms with Crippen LogP contribution in [0.15, 0.2) is 52.6 Å². The minimum Gasteiger partial charge on any atom is -0.328 e. The molecule has 2 aromatic heterocycles. The van der Waals surface area contributed by atoms with Gasteiger partial charge in [-0.3, -0.25) is 4.40 Å². The summed E-state index contributed by atoms with van der Waals surface area (Å²) in [5.41, 5.74) is 7.78. The molecule has 1 unspecified atom stereocenters. The number of hydrogen-bond acceptors (Lipinski definition) is 4. The average Bonchev–Trinajstić information content (AvgIpc) is 2.85. The average molecular weight is 319 g/mol. The van der Waals surface area contributed by atoms with Crippen LogP contribution in [0.3, 0.4) is 0 Å². The molecule has 0 radical (unpaired) electrons. The topological polar surface area (TPSA) is 56.2 Å². The molecule has 0 fully saturated rings. The van der Waals surface area contributed by atoms with Crippen LogP contribution in [0, 0.1) is 0 Å². The van der Waals surface area contributed by atoms with Gasteiger partial charge in [0.15, 0.2) is 10.8 Å². The minimum atomic E-state index is 0.125. The molecule has 0 spiro atoms. The Labute approximate surface area is 132 Å². The Hall–Kier alpha value is -1.56. The van der Waals surface area contributed by atoms with E-state index in [-0.39, 0.29) is 6.04 Å². The molecule has 108 valence electrons. The number of fused-ring (bicyclic) bond motifs is 1. The van der Waals surface area contributed by atoms with Crippen LogP contribution < -0.4 is 5.73 Å². The van der Waals surface area contributed by atoms with Crippen molar-refractivity contribution in [2.45, 2.75) is 29.4 Å². The van der Waals surface area contributed by atoms with Gasteiger partial charge in [0.25, 0.3) is 0 Å². The van der Waals surface area contributed by atoms with E-state index in [0.717, 1.165) is 27.7 Å². The van der Waals surface area contributed by atoms with Crippen molar-refractivity contribution >= 4 is 29.0 Å². The van der Waals surface area contributed by atoms with Crippen LogP contribution in [-0.4, -0.2) is 20.6 Å². The van der Waals surface area contributed by atoms with Gasteiger partial charge in [-0.2, -0.15) is 0 Å². The van der Waals surface area contributed by atoms with Crippen molar-refractivity contribution in [2.24, 2.45) is 5.73 Å². The first-order chi connectivity index (χ1) is 10.1. The van der Waals surface area contributed by atoms with Gasteiger partial charge in [-0.1, -0.05) is 23.7 Å². The lowest BCUT2D eigenvalue weighted by Gasteiger charge is -2.08. The maximum Gasteiger partial charge on any atom is 0.200 e. The van der Waals surface area contributed by atoms with Gasteiger partial charge >= 0.3 is 0 Å². The van der Waals surface area contributed by atoms with Crippen LogP contribution >= 0.6 is 23.4 Å². The zero-order valence-corrected chi connectivity index (χ0v) is 13.1. The Kier molecular flexibility index (Phi) is 4.14. The highest BCUT2D eigenvalue weighted by molar-refractivity contribution is 7.99. The molecule has 0 saturated heterocycles. The second-order valence-corrected chi connectivity index (χ2v) is 6.38. The van der Waals surface area contributed by atoms with Crippen LogP contribution in [-0.2, 0) is 6.42 Å². The van der Waals surface area contributed by atoms with E-state index in [9.17, 15) is 0 Å². The molecular formula is C15H15ClN4S. The molecule has 1 aromatic carbocycles. The molecule has 0 aliphatic rings. The summed E-state index contributed by atoms with van der Waals surface area (Å²) in [7, 11) is 0. The Morgan fingerprint density at radius 1 is 1.29 bits per heavy atom. The summed E-state index contributed by atoms with van der Waals surface area (Å²) in [5, 5.41) is 9.85. The van der Waals surface area contributed by atoms with Crippen LogP contribution in [0.2, 0.25) is 5.02 Å². The van der Waals surface area contributed by atoms with E-state index in [2.05, 4.69) is 16.3 Å². The van der Waals surface area contributed by atoms with Gasteiger partial charge in [-0.15, -0.1) is 10.2 Å². The minimum absolute atomic E-state index is 0.125. The second kappa shape index (κ2) is 6.05. The standard InChI is InChI=1S/C15H15ClN4S/c1-10(17)8-11-5-6-13(12(16)9-11)21-15-19-18-14-4-2-3-7-20(14)15/h2-7,9-10H,8,17H2,1H3. The maximum absolute atomic E-state index is 6.36. The third kappa shape index (κ3) is 3.20. The van der Waals surface area contributed by atoms with Crippen molar-refractivity contribution in [3.05, 3.63) is 53.2 Å². The number of hydrogen-bond donors (Lipinski definition) is 1. The summed E-state index contributed by atoms with van der Waals surface area (Å²) in [6.45, 7) is 1.99. The molecule has 0 saturated carbocycles. The summed E-state index contributed by atoms with van der Waals surface area (Å²) in [6, 6.07) is 12.0. The third-order valence-corrected chi connectivity index (χ3v) is 4.50. The van der Waals surface area contributed by atoms with Crippen LogP contribution in [0.4, 0.5) is 0 Å². The lowest BCUT2D eigenvalue weighted by molar-refractivity contribution is 0.737. The number of rotatable bonds is 4. The van der Waals surface area contributed by atoms with E-state index in [0.29, 0.717) is 5.02 Å². The van der Waals surface area contributed by atoms with Crippen LogP contribution in [0.25, 0.3) is 5.65 Å². The highest BCUT2D eigenvalue weighted by Gasteiger charge is 2.10. The van der Waals surface area contributed by atoms with Gasteiger partial charge in [-0.05, 0) is 54.9 Å². The van der Waals surface area contributed by atoms with Gasteiger partial charge < -0.3 is 5.73 Å².